The zero-order valence-electron chi connectivity index (χ0n) is 6.32. The van der Waals surface area contributed by atoms with E-state index in [-0.39, 0.29) is 6.42 Å². The first kappa shape index (κ1) is 8.93. The molecule has 1 aromatic rings. The Morgan fingerprint density at radius 3 is 2.75 bits per heavy atom. The third-order valence-corrected chi connectivity index (χ3v) is 1.85. The summed E-state index contributed by atoms with van der Waals surface area (Å²) in [6.45, 7) is 0. The first-order valence-electron chi connectivity index (χ1n) is 3.39. The Bertz CT molecular complexity index is 312. The molecule has 0 saturated carbocycles. The van der Waals surface area contributed by atoms with Gasteiger partial charge in [-0.2, -0.15) is 0 Å². The van der Waals surface area contributed by atoms with Gasteiger partial charge in [-0.25, -0.2) is 0 Å². The highest BCUT2D eigenvalue weighted by Gasteiger charge is 2.01. The monoisotopic (exact) mass is 183 g/mol. The van der Waals surface area contributed by atoms with Crippen LogP contribution >= 0.6 is 12.6 Å². The van der Waals surface area contributed by atoms with Crippen LogP contribution in [0.2, 0.25) is 0 Å². The van der Waals surface area contributed by atoms with Crippen LogP contribution < -0.4 is 5.73 Å². The number of nitrogens with two attached hydrogens (primary N) is 1. The number of benzene rings is 1. The molecule has 0 aliphatic rings. The highest BCUT2D eigenvalue weighted by atomic mass is 32.1. The summed E-state index contributed by atoms with van der Waals surface area (Å²) < 4.78 is 0. The summed E-state index contributed by atoms with van der Waals surface area (Å²) in [5.74, 6) is -0.860. The first-order valence-corrected chi connectivity index (χ1v) is 3.83. The smallest absolute Gasteiger partial charge is 0.307 e. The van der Waals surface area contributed by atoms with Crippen LogP contribution in [0.3, 0.4) is 0 Å². The van der Waals surface area contributed by atoms with Crippen LogP contribution in [0.25, 0.3) is 0 Å². The SMILES string of the molecule is Nc1cc(CC(=O)O)ccc1S. The number of aliphatic carboxylic acids is 1. The summed E-state index contributed by atoms with van der Waals surface area (Å²) in [5, 5.41) is 8.47. The van der Waals surface area contributed by atoms with Crippen molar-refractivity contribution in [2.75, 3.05) is 5.73 Å². The van der Waals surface area contributed by atoms with Gasteiger partial charge in [-0.05, 0) is 17.7 Å². The normalized spacial score (nSPS) is 9.75. The van der Waals surface area contributed by atoms with E-state index in [2.05, 4.69) is 12.6 Å². The summed E-state index contributed by atoms with van der Waals surface area (Å²) in [4.78, 5) is 11.0. The Labute approximate surface area is 75.6 Å². The van der Waals surface area contributed by atoms with Crippen molar-refractivity contribution in [2.24, 2.45) is 0 Å². The van der Waals surface area contributed by atoms with E-state index in [0.717, 1.165) is 0 Å². The van der Waals surface area contributed by atoms with E-state index in [9.17, 15) is 4.79 Å². The van der Waals surface area contributed by atoms with Gasteiger partial charge < -0.3 is 10.8 Å². The van der Waals surface area contributed by atoms with Crippen molar-refractivity contribution in [1.82, 2.24) is 0 Å². The second-order valence-corrected chi connectivity index (χ2v) is 2.95. The quantitative estimate of drug-likeness (QED) is 0.476. The number of rotatable bonds is 2. The molecule has 3 nitrogen and oxygen atoms in total. The van der Waals surface area contributed by atoms with Gasteiger partial charge in [-0.1, -0.05) is 6.07 Å². The van der Waals surface area contributed by atoms with Crippen molar-refractivity contribution in [3.63, 3.8) is 0 Å². The predicted octanol–water partition coefficient (Wildman–Crippen LogP) is 1.18. The predicted molar refractivity (Wildman–Crippen MR) is 49.4 cm³/mol. The lowest BCUT2D eigenvalue weighted by molar-refractivity contribution is -0.136. The third-order valence-electron chi connectivity index (χ3n) is 1.45. The van der Waals surface area contributed by atoms with Gasteiger partial charge in [0.25, 0.3) is 0 Å². The van der Waals surface area contributed by atoms with Gasteiger partial charge in [0, 0.05) is 10.6 Å². The van der Waals surface area contributed by atoms with Crippen LogP contribution in [0.1, 0.15) is 5.56 Å². The van der Waals surface area contributed by atoms with E-state index in [1.54, 1.807) is 18.2 Å². The maximum Gasteiger partial charge on any atom is 0.307 e. The molecule has 0 unspecified atom stereocenters. The Kier molecular flexibility index (Phi) is 2.60. The number of anilines is 1. The fourth-order valence-corrected chi connectivity index (χ4v) is 1.03. The lowest BCUT2D eigenvalue weighted by Gasteiger charge is -2.01. The van der Waals surface area contributed by atoms with Gasteiger partial charge >= 0.3 is 5.97 Å². The molecule has 0 atom stereocenters. The van der Waals surface area contributed by atoms with E-state index in [4.69, 9.17) is 10.8 Å². The van der Waals surface area contributed by atoms with Crippen molar-refractivity contribution in [3.05, 3.63) is 23.8 Å². The topological polar surface area (TPSA) is 63.3 Å². The highest BCUT2D eigenvalue weighted by molar-refractivity contribution is 7.80. The molecule has 0 radical (unpaired) electrons. The molecule has 0 heterocycles. The Hall–Kier alpha value is -1.16. The number of thiol groups is 1. The van der Waals surface area contributed by atoms with Crippen LogP contribution in [0, 0.1) is 0 Å². The lowest BCUT2D eigenvalue weighted by Crippen LogP contribution is -2.00. The molecule has 0 fully saturated rings. The van der Waals surface area contributed by atoms with Crippen molar-refractivity contribution in [1.29, 1.82) is 0 Å². The highest BCUT2D eigenvalue weighted by Crippen LogP contribution is 2.17. The Morgan fingerprint density at radius 1 is 1.58 bits per heavy atom. The zero-order valence-corrected chi connectivity index (χ0v) is 7.21. The molecule has 64 valence electrons. The van der Waals surface area contributed by atoms with Crippen molar-refractivity contribution < 1.29 is 9.90 Å². The molecule has 3 N–H and O–H groups in total. The van der Waals surface area contributed by atoms with E-state index >= 15 is 0 Å². The van der Waals surface area contributed by atoms with Gasteiger partial charge in [0.15, 0.2) is 0 Å². The molecule has 0 amide bonds. The van der Waals surface area contributed by atoms with Crippen molar-refractivity contribution >= 4 is 24.3 Å². The molecule has 0 aromatic heterocycles. The maximum atomic E-state index is 10.3. The zero-order chi connectivity index (χ0) is 9.14. The maximum absolute atomic E-state index is 10.3. The largest absolute Gasteiger partial charge is 0.481 e. The molecular formula is C8H9NO2S. The van der Waals surface area contributed by atoms with Crippen LogP contribution in [0.4, 0.5) is 5.69 Å². The first-order chi connectivity index (χ1) is 5.59. The van der Waals surface area contributed by atoms with E-state index in [1.807, 2.05) is 0 Å². The minimum atomic E-state index is -0.860. The van der Waals surface area contributed by atoms with E-state index < -0.39 is 5.97 Å². The number of carboxylic acid groups (broad SMARTS) is 1. The lowest BCUT2D eigenvalue weighted by atomic mass is 10.1. The number of carboxylic acids is 1. The van der Waals surface area contributed by atoms with Gasteiger partial charge in [0.2, 0.25) is 0 Å². The molecule has 0 saturated heterocycles. The summed E-state index contributed by atoms with van der Waals surface area (Å²) in [6.07, 6.45) is -0.00173. The van der Waals surface area contributed by atoms with Gasteiger partial charge in [-0.15, -0.1) is 12.6 Å². The van der Waals surface area contributed by atoms with Crippen LogP contribution in [-0.4, -0.2) is 11.1 Å². The second kappa shape index (κ2) is 3.49. The minimum absolute atomic E-state index is 0.00173. The second-order valence-electron chi connectivity index (χ2n) is 2.46. The fourth-order valence-electron chi connectivity index (χ4n) is 0.889. The van der Waals surface area contributed by atoms with Gasteiger partial charge in [-0.3, -0.25) is 4.79 Å². The van der Waals surface area contributed by atoms with Gasteiger partial charge in [0.1, 0.15) is 0 Å². The Morgan fingerprint density at radius 2 is 2.25 bits per heavy atom. The summed E-state index contributed by atoms with van der Waals surface area (Å²) in [5.41, 5.74) is 6.73. The Balaban J connectivity index is 2.89. The molecule has 0 aliphatic heterocycles. The molecular weight excluding hydrogens is 174 g/mol. The van der Waals surface area contributed by atoms with Gasteiger partial charge in [0.05, 0.1) is 6.42 Å². The van der Waals surface area contributed by atoms with E-state index in [1.165, 1.54) is 0 Å². The minimum Gasteiger partial charge on any atom is -0.481 e. The number of hydrogen-bond acceptors (Lipinski definition) is 3. The molecule has 0 aliphatic carbocycles. The van der Waals surface area contributed by atoms with Crippen LogP contribution in [-0.2, 0) is 11.2 Å². The van der Waals surface area contributed by atoms with Crippen LogP contribution in [0.15, 0.2) is 23.1 Å². The average Bonchev–Trinajstić information content (AvgIpc) is 1.96. The summed E-state index contributed by atoms with van der Waals surface area (Å²) in [7, 11) is 0. The molecule has 4 heteroatoms. The van der Waals surface area contributed by atoms with Crippen molar-refractivity contribution in [2.45, 2.75) is 11.3 Å². The fraction of sp³-hybridized carbons (Fsp3) is 0.125. The average molecular weight is 183 g/mol. The molecule has 12 heavy (non-hydrogen) atoms. The summed E-state index contributed by atoms with van der Waals surface area (Å²) >= 11 is 4.06. The molecule has 0 bridgehead atoms. The standard InChI is InChI=1S/C8H9NO2S/c9-6-3-5(4-8(10)11)1-2-7(6)12/h1-3,12H,4,9H2,(H,10,11). The molecule has 0 spiro atoms. The number of hydrogen-bond donors (Lipinski definition) is 3. The molecule has 1 aromatic carbocycles. The third kappa shape index (κ3) is 2.17. The molecule has 1 rings (SSSR count). The van der Waals surface area contributed by atoms with Crippen LogP contribution in [0.5, 0.6) is 0 Å². The summed E-state index contributed by atoms with van der Waals surface area (Å²) in [6, 6.07) is 5.01. The number of carbonyl (C=O) groups is 1. The van der Waals surface area contributed by atoms with Crippen molar-refractivity contribution in [3.8, 4) is 0 Å². The van der Waals surface area contributed by atoms with E-state index in [0.29, 0.717) is 16.1 Å². The number of nitrogen functional groups attached to an aromatic ring is 1.